The summed E-state index contributed by atoms with van der Waals surface area (Å²) in [5.41, 5.74) is 4.91. The monoisotopic (exact) mass is 499 g/mol. The summed E-state index contributed by atoms with van der Waals surface area (Å²) in [4.78, 5) is 2.67. The predicted octanol–water partition coefficient (Wildman–Crippen LogP) is 7.24. The Morgan fingerprint density at radius 3 is 2.11 bits per heavy atom. The van der Waals surface area contributed by atoms with Gasteiger partial charge in [-0.1, -0.05) is 93.3 Å². The van der Waals surface area contributed by atoms with Crippen molar-refractivity contribution >= 4 is 0 Å². The van der Waals surface area contributed by atoms with Crippen molar-refractivity contribution in [3.8, 4) is 11.5 Å². The van der Waals surface area contributed by atoms with Gasteiger partial charge in [0, 0.05) is 18.6 Å². The summed E-state index contributed by atoms with van der Waals surface area (Å²) in [6.45, 7) is 4.32. The molecule has 4 heteroatoms. The lowest BCUT2D eigenvalue weighted by molar-refractivity contribution is -0.00941. The Hall–Kier alpha value is -2.82. The van der Waals surface area contributed by atoms with Crippen LogP contribution < -0.4 is 9.47 Å². The predicted molar refractivity (Wildman–Crippen MR) is 149 cm³/mol. The molecule has 1 N–H and O–H groups in total. The maximum absolute atomic E-state index is 10.9. The largest absolute Gasteiger partial charge is 0.485 e. The van der Waals surface area contributed by atoms with Gasteiger partial charge in [-0.25, -0.2) is 0 Å². The minimum absolute atomic E-state index is 0.242. The van der Waals surface area contributed by atoms with Crippen LogP contribution in [0, 0.1) is 0 Å². The first-order valence-corrected chi connectivity index (χ1v) is 14.2. The van der Waals surface area contributed by atoms with Crippen LogP contribution in [0.25, 0.3) is 0 Å². The maximum atomic E-state index is 10.9. The number of ether oxygens (including phenoxy) is 2. The van der Waals surface area contributed by atoms with Crippen molar-refractivity contribution in [1.29, 1.82) is 0 Å². The number of benzene rings is 3. The zero-order valence-corrected chi connectivity index (χ0v) is 22.1. The highest BCUT2D eigenvalue weighted by atomic mass is 16.5. The molecule has 0 amide bonds. The molecule has 1 saturated heterocycles. The first kappa shape index (κ1) is 25.8. The lowest BCUT2D eigenvalue weighted by atomic mass is 9.81. The molecule has 5 rings (SSSR count). The van der Waals surface area contributed by atoms with Gasteiger partial charge < -0.3 is 14.6 Å². The third kappa shape index (κ3) is 6.55. The molecule has 3 atom stereocenters. The Morgan fingerprint density at radius 2 is 1.46 bits per heavy atom. The number of aliphatic hydroxyl groups is 1. The van der Waals surface area contributed by atoms with Crippen molar-refractivity contribution in [3.63, 3.8) is 0 Å². The number of rotatable bonds is 11. The van der Waals surface area contributed by atoms with Gasteiger partial charge in [-0.3, -0.25) is 4.90 Å². The Labute approximate surface area is 222 Å². The average molecular weight is 500 g/mol. The molecule has 4 nitrogen and oxygen atoms in total. The summed E-state index contributed by atoms with van der Waals surface area (Å²) in [5.74, 6) is 1.60. The summed E-state index contributed by atoms with van der Waals surface area (Å²) in [6.07, 6.45) is 8.73. The van der Waals surface area contributed by atoms with Crippen LogP contribution in [0.2, 0.25) is 0 Å². The van der Waals surface area contributed by atoms with Crippen molar-refractivity contribution in [2.45, 2.75) is 89.7 Å². The molecule has 3 aromatic carbocycles. The van der Waals surface area contributed by atoms with E-state index in [0.717, 1.165) is 48.4 Å². The van der Waals surface area contributed by atoms with Gasteiger partial charge in [0.15, 0.2) is 11.5 Å². The van der Waals surface area contributed by atoms with Crippen LogP contribution in [-0.2, 0) is 19.6 Å². The van der Waals surface area contributed by atoms with Gasteiger partial charge in [-0.05, 0) is 60.1 Å². The highest BCUT2D eigenvalue weighted by Crippen LogP contribution is 2.44. The van der Waals surface area contributed by atoms with E-state index in [4.69, 9.17) is 9.47 Å². The highest BCUT2D eigenvalue weighted by Gasteiger charge is 2.39. The number of aliphatic hydroxyl groups excluding tert-OH is 1. The Kier molecular flexibility index (Phi) is 8.80. The summed E-state index contributed by atoms with van der Waals surface area (Å²) < 4.78 is 12.7. The number of fused-ring (bicyclic) bond motifs is 3. The lowest BCUT2D eigenvalue weighted by Crippen LogP contribution is -2.49. The maximum Gasteiger partial charge on any atom is 0.162 e. The van der Waals surface area contributed by atoms with E-state index in [1.165, 1.54) is 43.2 Å². The normalized spacial score (nSPS) is 21.2. The van der Waals surface area contributed by atoms with Crippen LogP contribution in [0.3, 0.4) is 0 Å². The standard InChI is InChI=1S/C33H41NO3/c1-2-3-4-11-16-28-20-29(35)21-31-30-22-33(37-24-26-14-9-6-10-15-26)32(19-27(30)17-18-34(28)31)36-23-25-12-7-5-8-13-25/h5-10,12-15,19,22,28-29,31,35H,2-4,11,16-18,20-21,23-24H2,1H3/t28-,29+,31+/m1/s1. The summed E-state index contributed by atoms with van der Waals surface area (Å²) in [6, 6.07) is 25.7. The zero-order valence-electron chi connectivity index (χ0n) is 22.1. The van der Waals surface area contributed by atoms with Crippen LogP contribution in [0.5, 0.6) is 11.5 Å². The molecule has 37 heavy (non-hydrogen) atoms. The second-order valence-corrected chi connectivity index (χ2v) is 10.7. The third-order valence-electron chi connectivity index (χ3n) is 7.98. The first-order chi connectivity index (χ1) is 18.2. The smallest absolute Gasteiger partial charge is 0.162 e. The van der Waals surface area contributed by atoms with Crippen molar-refractivity contribution in [1.82, 2.24) is 4.90 Å². The van der Waals surface area contributed by atoms with Crippen LogP contribution in [0.1, 0.15) is 80.2 Å². The topological polar surface area (TPSA) is 41.9 Å². The van der Waals surface area contributed by atoms with E-state index >= 15 is 0 Å². The molecule has 3 aromatic rings. The molecule has 1 fully saturated rings. The van der Waals surface area contributed by atoms with Crippen LogP contribution in [0.15, 0.2) is 72.8 Å². The Morgan fingerprint density at radius 1 is 0.811 bits per heavy atom. The van der Waals surface area contributed by atoms with Gasteiger partial charge in [0.1, 0.15) is 13.2 Å². The molecular weight excluding hydrogens is 458 g/mol. The molecule has 0 saturated carbocycles. The van der Waals surface area contributed by atoms with E-state index in [9.17, 15) is 5.11 Å². The second kappa shape index (κ2) is 12.6. The average Bonchev–Trinajstić information content (AvgIpc) is 2.93. The molecule has 0 radical (unpaired) electrons. The molecule has 196 valence electrons. The van der Waals surface area contributed by atoms with Crippen molar-refractivity contribution in [2.75, 3.05) is 6.54 Å². The van der Waals surface area contributed by atoms with E-state index in [2.05, 4.69) is 48.2 Å². The quantitative estimate of drug-likeness (QED) is 0.282. The van der Waals surface area contributed by atoms with E-state index in [1.54, 1.807) is 0 Å². The van der Waals surface area contributed by atoms with Crippen LogP contribution >= 0.6 is 0 Å². The summed E-state index contributed by atoms with van der Waals surface area (Å²) in [7, 11) is 0. The molecule has 2 aliphatic heterocycles. The highest BCUT2D eigenvalue weighted by molar-refractivity contribution is 5.50. The molecule has 0 unspecified atom stereocenters. The molecular formula is C33H41NO3. The van der Waals surface area contributed by atoms with Gasteiger partial charge in [-0.15, -0.1) is 0 Å². The summed E-state index contributed by atoms with van der Waals surface area (Å²) in [5, 5.41) is 10.9. The van der Waals surface area contributed by atoms with E-state index < -0.39 is 0 Å². The first-order valence-electron chi connectivity index (χ1n) is 14.2. The molecule has 2 heterocycles. The second-order valence-electron chi connectivity index (χ2n) is 10.7. The Balaban J connectivity index is 1.39. The zero-order chi connectivity index (χ0) is 25.5. The third-order valence-corrected chi connectivity index (χ3v) is 7.98. The fraction of sp³-hybridized carbons (Fsp3) is 0.455. The minimum atomic E-state index is -0.244. The SMILES string of the molecule is CCCCCC[C@@H]1C[C@H](O)C[C@H]2c3cc(OCc4ccccc4)c(OCc4ccccc4)cc3CCN12. The van der Waals surface area contributed by atoms with Crippen LogP contribution in [-0.4, -0.2) is 28.7 Å². The molecule has 0 aliphatic carbocycles. The number of hydrogen-bond acceptors (Lipinski definition) is 4. The van der Waals surface area contributed by atoms with E-state index in [1.807, 2.05) is 36.4 Å². The number of unbranched alkanes of at least 4 members (excludes halogenated alkanes) is 3. The summed E-state index contributed by atoms with van der Waals surface area (Å²) >= 11 is 0. The number of piperidine rings is 1. The van der Waals surface area contributed by atoms with Gasteiger partial charge >= 0.3 is 0 Å². The van der Waals surface area contributed by atoms with Gasteiger partial charge in [0.2, 0.25) is 0 Å². The van der Waals surface area contributed by atoms with Gasteiger partial charge in [0.25, 0.3) is 0 Å². The molecule has 0 bridgehead atoms. The van der Waals surface area contributed by atoms with Gasteiger partial charge in [0.05, 0.1) is 6.10 Å². The fourth-order valence-electron chi connectivity index (χ4n) is 6.02. The van der Waals surface area contributed by atoms with Gasteiger partial charge in [-0.2, -0.15) is 0 Å². The fourth-order valence-corrected chi connectivity index (χ4v) is 6.02. The van der Waals surface area contributed by atoms with E-state index in [0.29, 0.717) is 19.3 Å². The molecule has 0 aromatic heterocycles. The van der Waals surface area contributed by atoms with Crippen LogP contribution in [0.4, 0.5) is 0 Å². The number of hydrogen-bond donors (Lipinski definition) is 1. The Bertz CT molecular complexity index is 1120. The van der Waals surface area contributed by atoms with Crippen molar-refractivity contribution in [2.24, 2.45) is 0 Å². The number of nitrogens with zero attached hydrogens (tertiary/aromatic N) is 1. The minimum Gasteiger partial charge on any atom is -0.485 e. The van der Waals surface area contributed by atoms with E-state index in [-0.39, 0.29) is 12.1 Å². The molecule has 0 spiro atoms. The molecule has 2 aliphatic rings. The lowest BCUT2D eigenvalue weighted by Gasteiger charge is -2.47. The van der Waals surface area contributed by atoms with Crippen molar-refractivity contribution < 1.29 is 14.6 Å². The van der Waals surface area contributed by atoms with Crippen molar-refractivity contribution in [3.05, 3.63) is 95.1 Å².